The Balaban J connectivity index is 3.27. The fraction of sp³-hybridized carbons (Fsp3) is 0.595. The Bertz CT molecular complexity index is 1830. The van der Waals surface area contributed by atoms with E-state index in [0.717, 1.165) is 12.1 Å². The smallest absolute Gasteiger partial charge is 0.481 e. The summed E-state index contributed by atoms with van der Waals surface area (Å²) in [7, 11) is -4.94. The summed E-state index contributed by atoms with van der Waals surface area (Å²) in [5.74, 6) is -10.8. The van der Waals surface area contributed by atoms with Crippen LogP contribution in [0, 0.1) is 5.92 Å². The molecule has 0 saturated carbocycles. The van der Waals surface area contributed by atoms with Gasteiger partial charge in [0, 0.05) is 12.8 Å². The molecular weight excluding hydrogens is 889 g/mol. The average Bonchev–Trinajstić information content (AvgIpc) is 3.23. The van der Waals surface area contributed by atoms with E-state index in [1.54, 1.807) is 13.8 Å². The van der Waals surface area contributed by atoms with Crippen LogP contribution >= 0.6 is 7.82 Å². The van der Waals surface area contributed by atoms with Crippen molar-refractivity contribution in [1.29, 1.82) is 0 Å². The summed E-state index contributed by atoms with van der Waals surface area (Å²) in [6.07, 6.45) is -0.271. The predicted molar refractivity (Wildman–Crippen MR) is 224 cm³/mol. The molecular formula is C37H60N9O18P. The van der Waals surface area contributed by atoms with Crippen molar-refractivity contribution >= 4 is 61.1 Å². The van der Waals surface area contributed by atoms with Crippen LogP contribution in [0.2, 0.25) is 0 Å². The number of carbonyl (C=O) groups is 9. The van der Waals surface area contributed by atoms with Gasteiger partial charge in [-0.3, -0.25) is 48.1 Å². The van der Waals surface area contributed by atoms with E-state index in [1.165, 1.54) is 12.1 Å². The maximum absolute atomic E-state index is 13.9. The second-order valence-electron chi connectivity index (χ2n) is 14.9. The number of amides is 7. The molecule has 1 aromatic carbocycles. The van der Waals surface area contributed by atoms with Crippen LogP contribution in [-0.2, 0) is 54.1 Å². The van der Waals surface area contributed by atoms with Crippen LogP contribution in [0.1, 0.15) is 57.9 Å². The van der Waals surface area contributed by atoms with Gasteiger partial charge in [-0.2, -0.15) is 0 Å². The monoisotopic (exact) mass is 949 g/mol. The third kappa shape index (κ3) is 22.6. The summed E-state index contributed by atoms with van der Waals surface area (Å²) in [5.41, 5.74) is 11.6. The Morgan fingerprint density at radius 1 is 0.646 bits per heavy atom. The number of nitrogens with two attached hydrogens (primary N) is 2. The van der Waals surface area contributed by atoms with Gasteiger partial charge >= 0.3 is 19.8 Å². The fourth-order valence-corrected chi connectivity index (χ4v) is 6.02. The van der Waals surface area contributed by atoms with Crippen molar-refractivity contribution in [1.82, 2.24) is 37.2 Å². The minimum absolute atomic E-state index is 0.109. The number of rotatable bonds is 31. The number of carboxylic acids is 2. The lowest BCUT2D eigenvalue weighted by molar-refractivity contribution is -0.143. The highest BCUT2D eigenvalue weighted by Crippen LogP contribution is 2.37. The number of phosphoric ester groups is 1. The number of nitrogens with one attached hydrogen (secondary N) is 7. The lowest BCUT2D eigenvalue weighted by atomic mass is 10.0. The van der Waals surface area contributed by atoms with Crippen LogP contribution in [-0.4, -0.2) is 164 Å². The molecule has 0 radical (unpaired) electrons. The second kappa shape index (κ2) is 28.9. The average molecular weight is 950 g/mol. The maximum Gasteiger partial charge on any atom is 0.524 e. The molecule has 7 atom stereocenters. The molecule has 0 heterocycles. The van der Waals surface area contributed by atoms with Gasteiger partial charge in [0.15, 0.2) is 0 Å². The van der Waals surface area contributed by atoms with Gasteiger partial charge in [-0.15, -0.1) is 0 Å². The van der Waals surface area contributed by atoms with Crippen molar-refractivity contribution in [3.8, 4) is 5.75 Å². The quantitative estimate of drug-likeness (QED) is 0.0243. The van der Waals surface area contributed by atoms with Crippen LogP contribution in [0.3, 0.4) is 0 Å². The molecule has 366 valence electrons. The Morgan fingerprint density at radius 3 is 1.60 bits per heavy atom. The number of benzene rings is 1. The zero-order valence-electron chi connectivity index (χ0n) is 35.6. The van der Waals surface area contributed by atoms with Crippen molar-refractivity contribution in [2.75, 3.05) is 32.9 Å². The Labute approximate surface area is 372 Å². The number of hydrogen-bond donors (Lipinski definition) is 16. The highest BCUT2D eigenvalue weighted by molar-refractivity contribution is 7.46. The Kier molecular flexibility index (Phi) is 25.4. The van der Waals surface area contributed by atoms with Crippen LogP contribution in [0.15, 0.2) is 24.3 Å². The summed E-state index contributed by atoms with van der Waals surface area (Å²) in [6, 6.07) is -6.04. The molecule has 0 aliphatic rings. The van der Waals surface area contributed by atoms with E-state index < -0.39 is 143 Å². The minimum Gasteiger partial charge on any atom is -0.481 e. The summed E-state index contributed by atoms with van der Waals surface area (Å²) in [5, 5.41) is 63.3. The van der Waals surface area contributed by atoms with Crippen LogP contribution in [0.4, 0.5) is 0 Å². The highest BCUT2D eigenvalue weighted by atomic mass is 31.2. The van der Waals surface area contributed by atoms with Gasteiger partial charge < -0.3 is 78.7 Å². The molecule has 0 aliphatic heterocycles. The summed E-state index contributed by atoms with van der Waals surface area (Å²) < 4.78 is 15.8. The summed E-state index contributed by atoms with van der Waals surface area (Å²) in [4.78, 5) is 132. The van der Waals surface area contributed by atoms with Crippen LogP contribution < -0.4 is 53.2 Å². The third-order valence-corrected chi connectivity index (χ3v) is 9.47. The normalized spacial score (nSPS) is 14.5. The molecule has 0 spiro atoms. The largest absolute Gasteiger partial charge is 0.524 e. The first-order valence-corrected chi connectivity index (χ1v) is 21.6. The van der Waals surface area contributed by atoms with Crippen molar-refractivity contribution in [3.63, 3.8) is 0 Å². The molecule has 18 N–H and O–H groups in total. The summed E-state index contributed by atoms with van der Waals surface area (Å²) in [6.45, 7) is -0.169. The van der Waals surface area contributed by atoms with E-state index in [4.69, 9.17) is 26.4 Å². The zero-order chi connectivity index (χ0) is 49.4. The number of unbranched alkanes of at least 4 members (excludes halogenated alkanes) is 1. The number of aliphatic carboxylic acids is 2. The molecule has 65 heavy (non-hydrogen) atoms. The van der Waals surface area contributed by atoms with E-state index in [-0.39, 0.29) is 36.5 Å². The van der Waals surface area contributed by atoms with Crippen molar-refractivity contribution in [2.45, 2.75) is 101 Å². The molecule has 7 amide bonds. The first-order valence-electron chi connectivity index (χ1n) is 20.1. The highest BCUT2D eigenvalue weighted by Gasteiger charge is 2.33. The Morgan fingerprint density at radius 2 is 1.12 bits per heavy atom. The van der Waals surface area contributed by atoms with Gasteiger partial charge in [0.05, 0.1) is 32.4 Å². The topological polar surface area (TPSA) is 458 Å². The molecule has 0 bridgehead atoms. The van der Waals surface area contributed by atoms with Gasteiger partial charge in [0.1, 0.15) is 42.0 Å². The van der Waals surface area contributed by atoms with E-state index in [2.05, 4.69) is 31.1 Å². The van der Waals surface area contributed by atoms with Gasteiger partial charge in [0.25, 0.3) is 0 Å². The molecule has 1 aromatic rings. The van der Waals surface area contributed by atoms with Gasteiger partial charge in [-0.1, -0.05) is 32.4 Å². The number of aliphatic hydroxyl groups excluding tert-OH is 3. The van der Waals surface area contributed by atoms with Gasteiger partial charge in [0.2, 0.25) is 41.4 Å². The number of carboxylic acid groups (broad SMARTS) is 2. The van der Waals surface area contributed by atoms with E-state index in [9.17, 15) is 68.1 Å². The lowest BCUT2D eigenvalue weighted by Crippen LogP contribution is -2.60. The van der Waals surface area contributed by atoms with Crippen molar-refractivity contribution < 1.29 is 87.6 Å². The standard InChI is InChI=1S/C37H60N9O18P/c1-19(2)13-24(33(55)45-28(18-49)36(58)46-27(17-48)35(57)42-23(37(59)60)10-11-30(51)52)43-34(56)25(14-20-6-8-21(9-7-20)64-65(61,62)63)41-29(50)15-40-32(54)26(16-47)44-31(53)22(39)5-3-4-12-38/h6-9,19,22-28,47-49H,3-5,10-18,38-39H2,1-2H3,(H,40,54)(H,41,50)(H,42,57)(H,43,56)(H,44,53)(H,45,55)(H,46,58)(H,51,52)(H,59,60)(H2,61,62,63)/t22-,23-,24-,25-,26-,27-,28-/m0/s1. The minimum atomic E-state index is -4.94. The van der Waals surface area contributed by atoms with Gasteiger partial charge in [-0.25, -0.2) is 9.36 Å². The molecule has 0 fully saturated rings. The predicted octanol–water partition coefficient (Wildman–Crippen LogP) is -5.85. The van der Waals surface area contributed by atoms with Gasteiger partial charge in [-0.05, 0) is 55.8 Å². The van der Waals surface area contributed by atoms with Crippen LogP contribution in [0.5, 0.6) is 5.75 Å². The number of phosphoric acid groups is 1. The van der Waals surface area contributed by atoms with Crippen LogP contribution in [0.25, 0.3) is 0 Å². The van der Waals surface area contributed by atoms with E-state index in [1.807, 2.05) is 10.6 Å². The fourth-order valence-electron chi connectivity index (χ4n) is 5.62. The lowest BCUT2D eigenvalue weighted by Gasteiger charge is -2.27. The van der Waals surface area contributed by atoms with Crippen molar-refractivity contribution in [2.24, 2.45) is 17.4 Å². The Hall–Kier alpha value is -5.80. The molecule has 0 unspecified atom stereocenters. The maximum atomic E-state index is 13.9. The van der Waals surface area contributed by atoms with Crippen molar-refractivity contribution in [3.05, 3.63) is 29.8 Å². The first kappa shape index (κ1) is 57.2. The SMILES string of the molecule is CC(C)C[C@H](NC(=O)[C@H](Cc1ccc(OP(=O)(O)O)cc1)NC(=O)CNC(=O)[C@H](CO)NC(=O)[C@@H](N)CCCCN)C(=O)N[C@@H](CO)C(=O)N[C@@H](CO)C(=O)N[C@@H](CCC(=O)O)C(=O)O. The third-order valence-electron chi connectivity index (χ3n) is 9.02. The molecule has 0 aromatic heterocycles. The molecule has 28 heteroatoms. The van der Waals surface area contributed by atoms with E-state index >= 15 is 0 Å². The number of carbonyl (C=O) groups excluding carboxylic acids is 7. The number of aliphatic hydroxyl groups is 3. The number of hydrogen-bond acceptors (Lipinski definition) is 16. The first-order chi connectivity index (χ1) is 30.4. The van der Waals surface area contributed by atoms with E-state index in [0.29, 0.717) is 19.4 Å². The molecule has 1 rings (SSSR count). The zero-order valence-corrected chi connectivity index (χ0v) is 36.5. The second-order valence-corrected chi connectivity index (χ2v) is 16.1. The molecule has 0 aliphatic carbocycles. The summed E-state index contributed by atoms with van der Waals surface area (Å²) >= 11 is 0. The molecule has 27 nitrogen and oxygen atoms in total. The molecule has 0 saturated heterocycles.